The van der Waals surface area contributed by atoms with Crippen molar-refractivity contribution >= 4 is 5.82 Å². The van der Waals surface area contributed by atoms with E-state index in [0.29, 0.717) is 6.54 Å². The Morgan fingerprint density at radius 2 is 2.05 bits per heavy atom. The molecule has 1 aromatic carbocycles. The minimum absolute atomic E-state index is 0.654. The van der Waals surface area contributed by atoms with Crippen molar-refractivity contribution in [2.45, 2.75) is 6.54 Å². The van der Waals surface area contributed by atoms with Gasteiger partial charge in [0.05, 0.1) is 25.5 Å². The van der Waals surface area contributed by atoms with E-state index in [0.717, 1.165) is 28.5 Å². The fraction of sp³-hybridized carbons (Fsp3) is 0.267. The molecular weight excluding hydrogens is 280 g/mol. The summed E-state index contributed by atoms with van der Waals surface area (Å²) in [6.07, 6.45) is 1.76. The summed E-state index contributed by atoms with van der Waals surface area (Å²) in [5, 5.41) is 15.8. The van der Waals surface area contributed by atoms with Crippen molar-refractivity contribution in [3.05, 3.63) is 42.2 Å². The predicted octanol–water partition coefficient (Wildman–Crippen LogP) is 1.85. The van der Waals surface area contributed by atoms with E-state index >= 15 is 0 Å². The lowest BCUT2D eigenvalue weighted by Crippen LogP contribution is -2.17. The Kier molecular flexibility index (Phi) is 3.78. The number of aromatic amines is 1. The molecule has 0 saturated carbocycles. The first-order valence-electron chi connectivity index (χ1n) is 6.92. The number of ether oxygens (including phenoxy) is 1. The highest BCUT2D eigenvalue weighted by Crippen LogP contribution is 2.24. The molecule has 1 N–H and O–H groups in total. The van der Waals surface area contributed by atoms with Crippen LogP contribution in [0.25, 0.3) is 11.3 Å². The van der Waals surface area contributed by atoms with Crippen molar-refractivity contribution in [1.82, 2.24) is 25.2 Å². The Hall–Kier alpha value is -2.83. The van der Waals surface area contributed by atoms with E-state index < -0.39 is 0 Å². The molecule has 0 fully saturated rings. The van der Waals surface area contributed by atoms with Gasteiger partial charge in [0.15, 0.2) is 5.82 Å². The third-order valence-electron chi connectivity index (χ3n) is 3.40. The molecule has 0 radical (unpaired) electrons. The number of rotatable bonds is 5. The van der Waals surface area contributed by atoms with Crippen molar-refractivity contribution in [3.8, 4) is 17.0 Å². The minimum atomic E-state index is 0.654. The van der Waals surface area contributed by atoms with Crippen LogP contribution in [0, 0.1) is 0 Å². The van der Waals surface area contributed by atoms with Gasteiger partial charge in [-0.3, -0.25) is 5.10 Å². The quantitative estimate of drug-likeness (QED) is 0.778. The van der Waals surface area contributed by atoms with Crippen molar-refractivity contribution < 1.29 is 4.74 Å². The molecule has 22 heavy (non-hydrogen) atoms. The van der Waals surface area contributed by atoms with Gasteiger partial charge < -0.3 is 9.64 Å². The van der Waals surface area contributed by atoms with E-state index in [-0.39, 0.29) is 0 Å². The van der Waals surface area contributed by atoms with Crippen molar-refractivity contribution in [1.29, 1.82) is 0 Å². The van der Waals surface area contributed by atoms with E-state index in [2.05, 4.69) is 20.4 Å². The minimum Gasteiger partial charge on any atom is -0.497 e. The van der Waals surface area contributed by atoms with Gasteiger partial charge in [-0.15, -0.1) is 0 Å². The first-order chi connectivity index (χ1) is 10.7. The molecule has 3 aromatic rings. The molecule has 0 aliphatic rings. The van der Waals surface area contributed by atoms with Crippen LogP contribution in [0.4, 0.5) is 5.82 Å². The lowest BCUT2D eigenvalue weighted by Gasteiger charge is -2.13. The van der Waals surface area contributed by atoms with E-state index in [1.54, 1.807) is 25.2 Å². The van der Waals surface area contributed by atoms with E-state index in [9.17, 15) is 0 Å². The van der Waals surface area contributed by atoms with Crippen LogP contribution in [0.3, 0.4) is 0 Å². The topological polar surface area (TPSA) is 71.9 Å². The Morgan fingerprint density at radius 3 is 2.68 bits per heavy atom. The molecule has 114 valence electrons. The van der Waals surface area contributed by atoms with Crippen molar-refractivity contribution in [3.63, 3.8) is 0 Å². The van der Waals surface area contributed by atoms with Crippen molar-refractivity contribution in [2.24, 2.45) is 7.05 Å². The number of methoxy groups -OCH3 is 1. The van der Waals surface area contributed by atoms with Crippen LogP contribution in [0.1, 0.15) is 5.69 Å². The number of benzene rings is 1. The molecule has 0 saturated heterocycles. The summed E-state index contributed by atoms with van der Waals surface area (Å²) in [7, 11) is 5.44. The van der Waals surface area contributed by atoms with Crippen LogP contribution in [0.15, 0.2) is 36.5 Å². The van der Waals surface area contributed by atoms with Gasteiger partial charge in [-0.1, -0.05) is 0 Å². The van der Waals surface area contributed by atoms with Crippen LogP contribution in [-0.4, -0.2) is 39.3 Å². The van der Waals surface area contributed by atoms with Gasteiger partial charge in [0, 0.05) is 20.2 Å². The molecule has 7 heteroatoms. The van der Waals surface area contributed by atoms with Crippen molar-refractivity contribution in [2.75, 3.05) is 19.1 Å². The zero-order valence-corrected chi connectivity index (χ0v) is 12.8. The molecule has 0 unspecified atom stereocenters. The number of anilines is 1. The zero-order chi connectivity index (χ0) is 15.5. The maximum atomic E-state index is 5.17. The fourth-order valence-corrected chi connectivity index (χ4v) is 2.21. The third kappa shape index (κ3) is 2.93. The number of H-pyrrole nitrogens is 1. The SMILES string of the molecule is COc1ccc(-c2cc(N(C)Cc3cnn(C)n3)n[nH]2)cc1. The monoisotopic (exact) mass is 298 g/mol. The number of nitrogens with one attached hydrogen (secondary N) is 1. The molecule has 0 amide bonds. The average molecular weight is 298 g/mol. The molecule has 2 heterocycles. The highest BCUT2D eigenvalue weighted by atomic mass is 16.5. The molecular formula is C15H18N6O. The van der Waals surface area contributed by atoms with Crippen LogP contribution in [-0.2, 0) is 13.6 Å². The summed E-state index contributed by atoms with van der Waals surface area (Å²) < 4.78 is 5.17. The zero-order valence-electron chi connectivity index (χ0n) is 12.8. The Labute approximate surface area is 128 Å². The summed E-state index contributed by atoms with van der Waals surface area (Å²) in [4.78, 5) is 3.57. The standard InChI is InChI=1S/C15H18N6O/c1-20(10-12-9-16-21(2)19-12)15-8-14(17-18-15)11-4-6-13(22-3)7-5-11/h4-9H,10H2,1-3H3,(H,17,18). The average Bonchev–Trinajstić information content (AvgIpc) is 3.17. The second-order valence-corrected chi connectivity index (χ2v) is 5.05. The number of hydrogen-bond acceptors (Lipinski definition) is 5. The van der Waals surface area contributed by atoms with E-state index in [4.69, 9.17) is 4.74 Å². The summed E-state index contributed by atoms with van der Waals surface area (Å²) in [5.74, 6) is 1.69. The lowest BCUT2D eigenvalue weighted by molar-refractivity contribution is 0.415. The van der Waals surface area contributed by atoms with Gasteiger partial charge in [0.25, 0.3) is 0 Å². The molecule has 0 aliphatic carbocycles. The van der Waals surface area contributed by atoms with Crippen LogP contribution in [0.2, 0.25) is 0 Å². The maximum absolute atomic E-state index is 5.17. The molecule has 0 aliphatic heterocycles. The highest BCUT2D eigenvalue weighted by Gasteiger charge is 2.10. The van der Waals surface area contributed by atoms with Gasteiger partial charge in [0.2, 0.25) is 0 Å². The molecule has 0 bridgehead atoms. The molecule has 7 nitrogen and oxygen atoms in total. The predicted molar refractivity (Wildman–Crippen MR) is 83.7 cm³/mol. The number of hydrogen-bond donors (Lipinski definition) is 1. The molecule has 0 atom stereocenters. The van der Waals surface area contributed by atoms with Crippen LogP contribution < -0.4 is 9.64 Å². The van der Waals surface area contributed by atoms with E-state index in [1.165, 1.54) is 0 Å². The fourth-order valence-electron chi connectivity index (χ4n) is 2.21. The summed E-state index contributed by atoms with van der Waals surface area (Å²) in [6.45, 7) is 0.654. The first-order valence-corrected chi connectivity index (χ1v) is 6.92. The first kappa shape index (κ1) is 14.1. The van der Waals surface area contributed by atoms with Gasteiger partial charge in [0.1, 0.15) is 11.4 Å². The Balaban J connectivity index is 1.74. The van der Waals surface area contributed by atoms with Crippen LogP contribution in [0.5, 0.6) is 5.75 Å². The van der Waals surface area contributed by atoms with Gasteiger partial charge in [-0.2, -0.15) is 20.1 Å². The summed E-state index contributed by atoms with van der Waals surface area (Å²) >= 11 is 0. The molecule has 0 spiro atoms. The summed E-state index contributed by atoms with van der Waals surface area (Å²) in [5.41, 5.74) is 2.93. The van der Waals surface area contributed by atoms with E-state index in [1.807, 2.05) is 42.3 Å². The highest BCUT2D eigenvalue weighted by molar-refractivity contribution is 5.63. The summed E-state index contributed by atoms with van der Waals surface area (Å²) in [6, 6.07) is 9.87. The Bertz CT molecular complexity index is 745. The van der Waals surface area contributed by atoms with Gasteiger partial charge in [-0.05, 0) is 29.8 Å². The number of nitrogens with zero attached hydrogens (tertiary/aromatic N) is 5. The number of aromatic nitrogens is 5. The lowest BCUT2D eigenvalue weighted by atomic mass is 10.1. The van der Waals surface area contributed by atoms with Crippen LogP contribution >= 0.6 is 0 Å². The molecule has 3 rings (SSSR count). The second kappa shape index (κ2) is 5.88. The van der Waals surface area contributed by atoms with Gasteiger partial charge >= 0.3 is 0 Å². The smallest absolute Gasteiger partial charge is 0.151 e. The second-order valence-electron chi connectivity index (χ2n) is 5.05. The number of aryl methyl sites for hydroxylation is 1. The maximum Gasteiger partial charge on any atom is 0.151 e. The Morgan fingerprint density at radius 1 is 1.27 bits per heavy atom. The third-order valence-corrected chi connectivity index (χ3v) is 3.40. The normalized spacial score (nSPS) is 10.7. The largest absolute Gasteiger partial charge is 0.497 e. The molecule has 2 aromatic heterocycles. The van der Waals surface area contributed by atoms with Gasteiger partial charge in [-0.25, -0.2) is 0 Å².